The molecule has 2 aromatic carbocycles. The standard InChI is InChI=1S/C18H13ClF6N2O2/c1-27(16(29)10-2-4-11(5-3-10)17(20,21)22)9-15(28)26-12-6-7-14(19)13(8-12)18(23,24)25/h2-8H,9H2,1H3,(H,26,28). The normalized spacial score (nSPS) is 11.9. The van der Waals surface area contributed by atoms with Crippen molar-refractivity contribution in [2.45, 2.75) is 12.4 Å². The number of likely N-dealkylation sites (N-methyl/N-ethyl adjacent to an activating group) is 1. The van der Waals surface area contributed by atoms with Crippen molar-refractivity contribution in [2.75, 3.05) is 18.9 Å². The molecule has 0 fully saturated rings. The quantitative estimate of drug-likeness (QED) is 0.676. The van der Waals surface area contributed by atoms with E-state index in [1.807, 2.05) is 0 Å². The van der Waals surface area contributed by atoms with Crippen LogP contribution in [0.1, 0.15) is 21.5 Å². The fourth-order valence-electron chi connectivity index (χ4n) is 2.33. The fraction of sp³-hybridized carbons (Fsp3) is 0.222. The molecule has 2 rings (SSSR count). The van der Waals surface area contributed by atoms with E-state index in [9.17, 15) is 35.9 Å². The van der Waals surface area contributed by atoms with E-state index in [2.05, 4.69) is 5.32 Å². The minimum Gasteiger partial charge on any atom is -0.332 e. The van der Waals surface area contributed by atoms with Gasteiger partial charge in [-0.1, -0.05) is 11.6 Å². The molecule has 0 radical (unpaired) electrons. The molecule has 0 spiro atoms. The zero-order valence-corrected chi connectivity index (χ0v) is 15.4. The van der Waals surface area contributed by atoms with Gasteiger partial charge in [0.1, 0.15) is 0 Å². The first-order valence-electron chi connectivity index (χ1n) is 7.88. The van der Waals surface area contributed by atoms with Gasteiger partial charge in [0.15, 0.2) is 0 Å². The molecule has 2 amide bonds. The first kappa shape index (κ1) is 22.5. The Morgan fingerprint density at radius 3 is 2.07 bits per heavy atom. The Balaban J connectivity index is 2.04. The van der Waals surface area contributed by atoms with Crippen LogP contribution in [0.25, 0.3) is 0 Å². The maximum atomic E-state index is 12.9. The lowest BCUT2D eigenvalue weighted by Gasteiger charge is -2.18. The van der Waals surface area contributed by atoms with Crippen LogP contribution in [0.3, 0.4) is 0 Å². The molecule has 1 N–H and O–H groups in total. The number of hydrogen-bond acceptors (Lipinski definition) is 2. The van der Waals surface area contributed by atoms with Crippen LogP contribution >= 0.6 is 11.6 Å². The van der Waals surface area contributed by atoms with Gasteiger partial charge in [-0.05, 0) is 42.5 Å². The van der Waals surface area contributed by atoms with Gasteiger partial charge < -0.3 is 10.2 Å². The zero-order valence-electron chi connectivity index (χ0n) is 14.7. The number of carbonyl (C=O) groups is 2. The van der Waals surface area contributed by atoms with Crippen LogP contribution in [0.4, 0.5) is 32.0 Å². The topological polar surface area (TPSA) is 49.4 Å². The number of amides is 2. The van der Waals surface area contributed by atoms with Crippen molar-refractivity contribution in [3.8, 4) is 0 Å². The third-order valence-electron chi connectivity index (χ3n) is 3.74. The molecule has 0 aliphatic heterocycles. The Hall–Kier alpha value is -2.75. The van der Waals surface area contributed by atoms with Gasteiger partial charge in [-0.3, -0.25) is 9.59 Å². The van der Waals surface area contributed by atoms with Gasteiger partial charge in [-0.2, -0.15) is 26.3 Å². The van der Waals surface area contributed by atoms with Gasteiger partial charge in [-0.15, -0.1) is 0 Å². The van der Waals surface area contributed by atoms with E-state index >= 15 is 0 Å². The predicted molar refractivity (Wildman–Crippen MR) is 93.5 cm³/mol. The summed E-state index contributed by atoms with van der Waals surface area (Å²) < 4.78 is 76.2. The summed E-state index contributed by atoms with van der Waals surface area (Å²) in [6, 6.07) is 6.17. The Bertz CT molecular complexity index is 910. The van der Waals surface area contributed by atoms with Crippen LogP contribution in [-0.2, 0) is 17.1 Å². The van der Waals surface area contributed by atoms with E-state index in [1.165, 1.54) is 7.05 Å². The molecule has 29 heavy (non-hydrogen) atoms. The molecule has 11 heteroatoms. The van der Waals surface area contributed by atoms with Gasteiger partial charge >= 0.3 is 12.4 Å². The summed E-state index contributed by atoms with van der Waals surface area (Å²) in [5.74, 6) is -1.54. The lowest BCUT2D eigenvalue weighted by Crippen LogP contribution is -2.35. The molecule has 0 aliphatic rings. The van der Waals surface area contributed by atoms with E-state index in [1.54, 1.807) is 0 Å². The minimum atomic E-state index is -4.72. The highest BCUT2D eigenvalue weighted by Gasteiger charge is 2.33. The number of alkyl halides is 6. The molecule has 0 saturated carbocycles. The van der Waals surface area contributed by atoms with Crippen LogP contribution < -0.4 is 5.32 Å². The molecule has 4 nitrogen and oxygen atoms in total. The number of rotatable bonds is 4. The van der Waals surface area contributed by atoms with Crippen LogP contribution in [0.5, 0.6) is 0 Å². The minimum absolute atomic E-state index is 0.0841. The highest BCUT2D eigenvalue weighted by molar-refractivity contribution is 6.31. The molecule has 0 aromatic heterocycles. The highest BCUT2D eigenvalue weighted by atomic mass is 35.5. The maximum absolute atomic E-state index is 12.9. The molecule has 0 saturated heterocycles. The fourth-order valence-corrected chi connectivity index (χ4v) is 2.55. The van der Waals surface area contributed by atoms with Crippen molar-refractivity contribution >= 4 is 29.1 Å². The first-order valence-corrected chi connectivity index (χ1v) is 8.26. The molecule has 0 bridgehead atoms. The molecule has 2 aromatic rings. The molecule has 0 unspecified atom stereocenters. The summed E-state index contributed by atoms with van der Waals surface area (Å²) in [7, 11) is 1.22. The smallest absolute Gasteiger partial charge is 0.332 e. The van der Waals surface area contributed by atoms with Crippen molar-refractivity contribution in [3.63, 3.8) is 0 Å². The lowest BCUT2D eigenvalue weighted by molar-refractivity contribution is -0.138. The van der Waals surface area contributed by atoms with E-state index in [-0.39, 0.29) is 11.3 Å². The molecule has 0 heterocycles. The predicted octanol–water partition coefficient (Wildman–Crippen LogP) is 5.09. The number of nitrogens with one attached hydrogen (secondary N) is 1. The van der Waals surface area contributed by atoms with Crippen molar-refractivity contribution in [1.29, 1.82) is 0 Å². The second-order valence-electron chi connectivity index (χ2n) is 5.98. The average molecular weight is 439 g/mol. The van der Waals surface area contributed by atoms with Gasteiger partial charge in [0.05, 0.1) is 22.7 Å². The summed E-state index contributed by atoms with van der Waals surface area (Å²) >= 11 is 5.49. The lowest BCUT2D eigenvalue weighted by atomic mass is 10.1. The van der Waals surface area contributed by atoms with Gasteiger partial charge in [0.25, 0.3) is 5.91 Å². The SMILES string of the molecule is CN(CC(=O)Nc1ccc(Cl)c(C(F)(F)F)c1)C(=O)c1ccc(C(F)(F)F)cc1. The Morgan fingerprint density at radius 1 is 0.966 bits per heavy atom. The van der Waals surface area contributed by atoms with Crippen molar-refractivity contribution in [1.82, 2.24) is 4.90 Å². The molecule has 156 valence electrons. The van der Waals surface area contributed by atoms with Crippen molar-refractivity contribution in [2.24, 2.45) is 0 Å². The highest BCUT2D eigenvalue weighted by Crippen LogP contribution is 2.36. The molecular weight excluding hydrogens is 426 g/mol. The van der Waals surface area contributed by atoms with E-state index < -0.39 is 46.9 Å². The third-order valence-corrected chi connectivity index (χ3v) is 4.07. The van der Waals surface area contributed by atoms with Gasteiger partial charge in [-0.25, -0.2) is 0 Å². The largest absolute Gasteiger partial charge is 0.417 e. The third kappa shape index (κ3) is 5.86. The maximum Gasteiger partial charge on any atom is 0.417 e. The number of hydrogen-bond donors (Lipinski definition) is 1. The van der Waals surface area contributed by atoms with Crippen LogP contribution in [0.2, 0.25) is 5.02 Å². The second kappa shape index (κ2) is 8.32. The summed E-state index contributed by atoms with van der Waals surface area (Å²) in [6.45, 7) is -0.538. The Morgan fingerprint density at radius 2 is 1.55 bits per heavy atom. The van der Waals surface area contributed by atoms with E-state index in [0.29, 0.717) is 6.07 Å². The Kier molecular flexibility index (Phi) is 6.46. The van der Waals surface area contributed by atoms with Gasteiger partial charge in [0.2, 0.25) is 5.91 Å². The van der Waals surface area contributed by atoms with Crippen LogP contribution in [-0.4, -0.2) is 30.3 Å². The second-order valence-corrected chi connectivity index (χ2v) is 6.38. The molecule has 0 atom stereocenters. The number of halogens is 7. The van der Waals surface area contributed by atoms with E-state index in [0.717, 1.165) is 41.3 Å². The van der Waals surface area contributed by atoms with Crippen LogP contribution in [0.15, 0.2) is 42.5 Å². The number of benzene rings is 2. The van der Waals surface area contributed by atoms with E-state index in [4.69, 9.17) is 11.6 Å². The first-order chi connectivity index (χ1) is 13.3. The van der Waals surface area contributed by atoms with Crippen LogP contribution in [0, 0.1) is 0 Å². The molecule has 0 aliphatic carbocycles. The summed E-state index contributed by atoms with van der Waals surface area (Å²) in [5, 5.41) is 1.67. The molecular formula is C18H13ClF6N2O2. The van der Waals surface area contributed by atoms with Crippen molar-refractivity contribution < 1.29 is 35.9 Å². The number of nitrogens with zero attached hydrogens (tertiary/aromatic N) is 1. The monoisotopic (exact) mass is 438 g/mol. The number of carbonyl (C=O) groups excluding carboxylic acids is 2. The van der Waals surface area contributed by atoms with Crippen molar-refractivity contribution in [3.05, 3.63) is 64.2 Å². The number of anilines is 1. The van der Waals surface area contributed by atoms with Gasteiger partial charge in [0, 0.05) is 18.3 Å². The summed E-state index contributed by atoms with van der Waals surface area (Å²) in [4.78, 5) is 25.2. The summed E-state index contributed by atoms with van der Waals surface area (Å²) in [5.41, 5.74) is -2.33. The zero-order chi connectivity index (χ0) is 22.0. The summed E-state index contributed by atoms with van der Waals surface area (Å²) in [6.07, 6.45) is -9.27. The average Bonchev–Trinajstić information content (AvgIpc) is 2.61. The Labute approximate surface area is 166 Å².